The smallest absolute Gasteiger partial charge is 0.0743 e. The minimum atomic E-state index is 0.0323. The molecule has 94 valence electrons. The van der Waals surface area contributed by atoms with Gasteiger partial charge in [-0.1, -0.05) is 36.4 Å². The Kier molecular flexibility index (Phi) is 4.55. The third-order valence-electron chi connectivity index (χ3n) is 3.66. The first-order valence-electron chi connectivity index (χ1n) is 6.52. The van der Waals surface area contributed by atoms with E-state index in [1.54, 1.807) is 6.08 Å². The van der Waals surface area contributed by atoms with E-state index in [1.807, 2.05) is 6.07 Å². The molecule has 1 aliphatic rings. The molecule has 1 fully saturated rings. The highest BCUT2D eigenvalue weighted by molar-refractivity contribution is 5.21. The molecule has 0 aliphatic heterocycles. The van der Waals surface area contributed by atoms with Crippen LogP contribution in [0.2, 0.25) is 0 Å². The summed E-state index contributed by atoms with van der Waals surface area (Å²) in [4.78, 5) is 0. The third kappa shape index (κ3) is 3.00. The molecule has 1 aromatic rings. The van der Waals surface area contributed by atoms with Crippen molar-refractivity contribution in [1.29, 1.82) is 5.26 Å². The average Bonchev–Trinajstić information content (AvgIpc) is 2.45. The number of hydrogen-bond donors (Lipinski definition) is 0. The molecule has 0 spiro atoms. The van der Waals surface area contributed by atoms with Crippen LogP contribution in [0.5, 0.6) is 0 Å². The Balaban J connectivity index is 2.04. The van der Waals surface area contributed by atoms with E-state index in [1.165, 1.54) is 5.56 Å². The second-order valence-electron chi connectivity index (χ2n) is 4.82. The Hall–Kier alpha value is -1.59. The first kappa shape index (κ1) is 12.9. The molecule has 2 heteroatoms. The van der Waals surface area contributed by atoms with Crippen molar-refractivity contribution >= 4 is 0 Å². The van der Waals surface area contributed by atoms with E-state index < -0.39 is 0 Å². The van der Waals surface area contributed by atoms with Crippen molar-refractivity contribution in [3.8, 4) is 6.07 Å². The van der Waals surface area contributed by atoms with Crippen molar-refractivity contribution in [3.63, 3.8) is 0 Å². The highest BCUT2D eigenvalue weighted by Crippen LogP contribution is 2.37. The number of nitriles is 1. The quantitative estimate of drug-likeness (QED) is 0.753. The maximum atomic E-state index is 9.16. The topological polar surface area (TPSA) is 33.0 Å². The summed E-state index contributed by atoms with van der Waals surface area (Å²) in [5.41, 5.74) is 1.36. The summed E-state index contributed by atoms with van der Waals surface area (Å²) in [5.74, 6) is 0.551. The molecular weight excluding hydrogens is 222 g/mol. The standard InChI is InChI=1S/C16H19NO/c1-2-10-18-16-11-14(8-9-15(16)12-17)13-6-4-3-5-7-13/h2-7,14-16H,1,8-11H2. The van der Waals surface area contributed by atoms with Gasteiger partial charge in [0.15, 0.2) is 0 Å². The van der Waals surface area contributed by atoms with Crippen LogP contribution in [0.3, 0.4) is 0 Å². The van der Waals surface area contributed by atoms with Crippen LogP contribution in [0.25, 0.3) is 0 Å². The Morgan fingerprint density at radius 2 is 2.11 bits per heavy atom. The summed E-state index contributed by atoms with van der Waals surface area (Å²) in [6.07, 6.45) is 4.75. The molecule has 1 aromatic carbocycles. The molecule has 0 aromatic heterocycles. The molecule has 0 amide bonds. The van der Waals surface area contributed by atoms with Crippen molar-refractivity contribution in [1.82, 2.24) is 0 Å². The SMILES string of the molecule is C=CCOC1CC(c2ccccc2)CCC1C#N. The fourth-order valence-corrected chi connectivity index (χ4v) is 2.68. The zero-order valence-electron chi connectivity index (χ0n) is 10.6. The van der Waals surface area contributed by atoms with Crippen LogP contribution in [-0.4, -0.2) is 12.7 Å². The van der Waals surface area contributed by atoms with E-state index in [0.717, 1.165) is 19.3 Å². The van der Waals surface area contributed by atoms with E-state index >= 15 is 0 Å². The van der Waals surface area contributed by atoms with Crippen molar-refractivity contribution < 1.29 is 4.74 Å². The molecule has 2 rings (SSSR count). The van der Waals surface area contributed by atoms with Gasteiger partial charge >= 0.3 is 0 Å². The largest absolute Gasteiger partial charge is 0.373 e. The van der Waals surface area contributed by atoms with E-state index in [4.69, 9.17) is 10.00 Å². The number of rotatable bonds is 4. The van der Waals surface area contributed by atoms with Gasteiger partial charge in [0.2, 0.25) is 0 Å². The lowest BCUT2D eigenvalue weighted by Gasteiger charge is -2.32. The van der Waals surface area contributed by atoms with Gasteiger partial charge in [0, 0.05) is 0 Å². The van der Waals surface area contributed by atoms with Gasteiger partial charge in [-0.05, 0) is 30.7 Å². The monoisotopic (exact) mass is 241 g/mol. The molecule has 0 N–H and O–H groups in total. The van der Waals surface area contributed by atoms with Crippen LogP contribution >= 0.6 is 0 Å². The first-order valence-corrected chi connectivity index (χ1v) is 6.52. The predicted molar refractivity (Wildman–Crippen MR) is 72.1 cm³/mol. The summed E-state index contributed by atoms with van der Waals surface area (Å²) in [5, 5.41) is 9.16. The molecule has 3 atom stereocenters. The zero-order chi connectivity index (χ0) is 12.8. The van der Waals surface area contributed by atoms with Gasteiger partial charge in [0.05, 0.1) is 24.7 Å². The lowest BCUT2D eigenvalue weighted by molar-refractivity contribution is 0.0158. The van der Waals surface area contributed by atoms with Gasteiger partial charge < -0.3 is 4.74 Å². The summed E-state index contributed by atoms with van der Waals surface area (Å²) < 4.78 is 5.75. The van der Waals surface area contributed by atoms with Gasteiger partial charge in [-0.3, -0.25) is 0 Å². The van der Waals surface area contributed by atoms with Crippen molar-refractivity contribution in [2.75, 3.05) is 6.61 Å². The molecular formula is C16H19NO. The Bertz CT molecular complexity index is 420. The third-order valence-corrected chi connectivity index (χ3v) is 3.66. The zero-order valence-corrected chi connectivity index (χ0v) is 10.6. The number of nitrogens with zero attached hydrogens (tertiary/aromatic N) is 1. The number of ether oxygens (including phenoxy) is 1. The summed E-state index contributed by atoms with van der Waals surface area (Å²) >= 11 is 0. The summed E-state index contributed by atoms with van der Waals surface area (Å²) in [7, 11) is 0. The van der Waals surface area contributed by atoms with E-state index in [9.17, 15) is 0 Å². The lowest BCUT2D eigenvalue weighted by atomic mass is 9.77. The second-order valence-corrected chi connectivity index (χ2v) is 4.82. The fourth-order valence-electron chi connectivity index (χ4n) is 2.68. The average molecular weight is 241 g/mol. The Morgan fingerprint density at radius 3 is 2.78 bits per heavy atom. The van der Waals surface area contributed by atoms with Crippen molar-refractivity contribution in [2.45, 2.75) is 31.3 Å². The van der Waals surface area contributed by atoms with E-state index in [-0.39, 0.29) is 12.0 Å². The maximum Gasteiger partial charge on any atom is 0.0743 e. The van der Waals surface area contributed by atoms with Gasteiger partial charge in [0.1, 0.15) is 0 Å². The molecule has 1 saturated carbocycles. The molecule has 0 radical (unpaired) electrons. The van der Waals surface area contributed by atoms with E-state index in [2.05, 4.69) is 36.9 Å². The van der Waals surface area contributed by atoms with Crippen molar-refractivity contribution in [3.05, 3.63) is 48.6 Å². The maximum absolute atomic E-state index is 9.16. The highest BCUT2D eigenvalue weighted by Gasteiger charge is 2.31. The molecule has 2 nitrogen and oxygen atoms in total. The van der Waals surface area contributed by atoms with Gasteiger partial charge in [-0.15, -0.1) is 6.58 Å². The van der Waals surface area contributed by atoms with Crippen LogP contribution in [0.4, 0.5) is 0 Å². The normalized spacial score (nSPS) is 27.4. The Morgan fingerprint density at radius 1 is 1.33 bits per heavy atom. The minimum absolute atomic E-state index is 0.0323. The molecule has 1 aliphatic carbocycles. The van der Waals surface area contributed by atoms with Crippen LogP contribution in [0.1, 0.15) is 30.7 Å². The minimum Gasteiger partial charge on any atom is -0.373 e. The molecule has 3 unspecified atom stereocenters. The molecule has 0 saturated heterocycles. The molecule has 0 heterocycles. The number of hydrogen-bond acceptors (Lipinski definition) is 2. The fraction of sp³-hybridized carbons (Fsp3) is 0.438. The predicted octanol–water partition coefficient (Wildman–Crippen LogP) is 3.67. The molecule has 18 heavy (non-hydrogen) atoms. The lowest BCUT2D eigenvalue weighted by Crippen LogP contribution is -2.30. The van der Waals surface area contributed by atoms with Crippen LogP contribution in [0, 0.1) is 17.2 Å². The number of benzene rings is 1. The Labute approximate surface area is 109 Å². The summed E-state index contributed by atoms with van der Waals surface area (Å²) in [6.45, 7) is 4.20. The van der Waals surface area contributed by atoms with Crippen LogP contribution < -0.4 is 0 Å². The van der Waals surface area contributed by atoms with Gasteiger partial charge in [-0.25, -0.2) is 0 Å². The van der Waals surface area contributed by atoms with Gasteiger partial charge in [0.25, 0.3) is 0 Å². The highest BCUT2D eigenvalue weighted by atomic mass is 16.5. The van der Waals surface area contributed by atoms with Crippen LogP contribution in [0.15, 0.2) is 43.0 Å². The van der Waals surface area contributed by atoms with Crippen LogP contribution in [-0.2, 0) is 4.74 Å². The molecule has 0 bridgehead atoms. The second kappa shape index (κ2) is 6.37. The van der Waals surface area contributed by atoms with Gasteiger partial charge in [-0.2, -0.15) is 5.26 Å². The van der Waals surface area contributed by atoms with Crippen molar-refractivity contribution in [2.24, 2.45) is 5.92 Å². The first-order chi connectivity index (χ1) is 8.85. The summed E-state index contributed by atoms with van der Waals surface area (Å²) in [6, 6.07) is 12.9. The van der Waals surface area contributed by atoms with E-state index in [0.29, 0.717) is 12.5 Å².